The molecule has 2 heterocycles. The molecule has 0 unspecified atom stereocenters. The standard InChI is InChI=1S/C21H22N4O3/c1-14-3-4-15(21(27)28-2)11-19(14)25-13-23-18-6-5-16(12-17(18)20(25)26)24-9-7-22-8-10-24/h3-6,11-13,22H,7-10H2,1-2H3. The smallest absolute Gasteiger partial charge is 0.337 e. The van der Waals surface area contributed by atoms with Crippen molar-refractivity contribution >= 4 is 22.6 Å². The van der Waals surface area contributed by atoms with Gasteiger partial charge in [-0.15, -0.1) is 0 Å². The van der Waals surface area contributed by atoms with Crippen molar-refractivity contribution in [1.82, 2.24) is 14.9 Å². The summed E-state index contributed by atoms with van der Waals surface area (Å²) in [5.41, 5.74) is 3.40. The number of nitrogens with zero attached hydrogens (tertiary/aromatic N) is 3. The third kappa shape index (κ3) is 3.25. The summed E-state index contributed by atoms with van der Waals surface area (Å²) in [5, 5.41) is 3.89. The van der Waals surface area contributed by atoms with Crippen molar-refractivity contribution in [3.05, 3.63) is 64.2 Å². The van der Waals surface area contributed by atoms with Crippen molar-refractivity contribution in [3.63, 3.8) is 0 Å². The summed E-state index contributed by atoms with van der Waals surface area (Å²) in [6.07, 6.45) is 1.51. The first-order chi connectivity index (χ1) is 13.6. The minimum atomic E-state index is -0.441. The fourth-order valence-electron chi connectivity index (χ4n) is 3.52. The molecule has 1 aliphatic rings. The van der Waals surface area contributed by atoms with Gasteiger partial charge < -0.3 is 15.0 Å². The highest BCUT2D eigenvalue weighted by molar-refractivity contribution is 5.90. The van der Waals surface area contributed by atoms with Crippen LogP contribution in [-0.2, 0) is 4.74 Å². The summed E-state index contributed by atoms with van der Waals surface area (Å²) < 4.78 is 6.29. The van der Waals surface area contributed by atoms with Crippen LogP contribution in [-0.4, -0.2) is 48.8 Å². The Labute approximate surface area is 162 Å². The molecule has 0 bridgehead atoms. The fraction of sp³-hybridized carbons (Fsp3) is 0.286. The Bertz CT molecular complexity index is 1100. The molecule has 1 aromatic heterocycles. The fourth-order valence-corrected chi connectivity index (χ4v) is 3.52. The predicted molar refractivity (Wildman–Crippen MR) is 108 cm³/mol. The lowest BCUT2D eigenvalue weighted by molar-refractivity contribution is 0.0600. The topological polar surface area (TPSA) is 76.5 Å². The number of nitrogens with one attached hydrogen (secondary N) is 1. The molecule has 0 radical (unpaired) electrons. The second-order valence-electron chi connectivity index (χ2n) is 6.85. The molecule has 7 nitrogen and oxygen atoms in total. The number of carbonyl (C=O) groups is 1. The van der Waals surface area contributed by atoms with Gasteiger partial charge in [0, 0.05) is 31.9 Å². The summed E-state index contributed by atoms with van der Waals surface area (Å²) in [6.45, 7) is 5.55. The van der Waals surface area contributed by atoms with Gasteiger partial charge in [-0.05, 0) is 42.8 Å². The van der Waals surface area contributed by atoms with E-state index in [1.54, 1.807) is 18.2 Å². The Morgan fingerprint density at radius 2 is 1.93 bits per heavy atom. The number of piperazine rings is 1. The first-order valence-electron chi connectivity index (χ1n) is 9.25. The number of esters is 1. The Morgan fingerprint density at radius 3 is 2.68 bits per heavy atom. The van der Waals surface area contributed by atoms with Gasteiger partial charge in [-0.1, -0.05) is 6.07 Å². The number of methoxy groups -OCH3 is 1. The van der Waals surface area contributed by atoms with E-state index in [4.69, 9.17) is 4.74 Å². The van der Waals surface area contributed by atoms with Gasteiger partial charge in [-0.3, -0.25) is 9.36 Å². The number of hydrogen-bond donors (Lipinski definition) is 1. The van der Waals surface area contributed by atoms with Crippen LogP contribution < -0.4 is 15.8 Å². The maximum Gasteiger partial charge on any atom is 0.337 e. The number of fused-ring (bicyclic) bond motifs is 1. The molecule has 144 valence electrons. The lowest BCUT2D eigenvalue weighted by Gasteiger charge is -2.29. The Balaban J connectivity index is 1.83. The van der Waals surface area contributed by atoms with Crippen molar-refractivity contribution in [3.8, 4) is 5.69 Å². The second kappa shape index (κ2) is 7.44. The van der Waals surface area contributed by atoms with Gasteiger partial charge in [0.1, 0.15) is 6.33 Å². The summed E-state index contributed by atoms with van der Waals surface area (Å²) in [7, 11) is 1.34. The Morgan fingerprint density at radius 1 is 1.14 bits per heavy atom. The summed E-state index contributed by atoms with van der Waals surface area (Å²) >= 11 is 0. The van der Waals surface area contributed by atoms with E-state index in [-0.39, 0.29) is 5.56 Å². The number of hydrogen-bond acceptors (Lipinski definition) is 6. The predicted octanol–water partition coefficient (Wildman–Crippen LogP) is 1.89. The van der Waals surface area contributed by atoms with Crippen LogP contribution in [0.1, 0.15) is 15.9 Å². The molecule has 1 N–H and O–H groups in total. The van der Waals surface area contributed by atoms with E-state index in [2.05, 4.69) is 15.2 Å². The van der Waals surface area contributed by atoms with E-state index >= 15 is 0 Å². The normalized spacial score (nSPS) is 14.3. The molecule has 0 aliphatic carbocycles. The van der Waals surface area contributed by atoms with Gasteiger partial charge in [-0.25, -0.2) is 9.78 Å². The summed E-state index contributed by atoms with van der Waals surface area (Å²) in [4.78, 5) is 31.8. The Hall–Kier alpha value is -3.19. The van der Waals surface area contributed by atoms with Gasteiger partial charge in [0.05, 0.1) is 29.3 Å². The quantitative estimate of drug-likeness (QED) is 0.702. The van der Waals surface area contributed by atoms with E-state index in [9.17, 15) is 9.59 Å². The van der Waals surface area contributed by atoms with Crippen LogP contribution in [0.5, 0.6) is 0 Å². The van der Waals surface area contributed by atoms with Crippen LogP contribution >= 0.6 is 0 Å². The van der Waals surface area contributed by atoms with Gasteiger partial charge in [-0.2, -0.15) is 0 Å². The van der Waals surface area contributed by atoms with Crippen LogP contribution in [0.2, 0.25) is 0 Å². The number of rotatable bonds is 3. The molecule has 2 aromatic carbocycles. The zero-order valence-corrected chi connectivity index (χ0v) is 15.9. The van der Waals surface area contributed by atoms with Crippen LogP contribution in [0.25, 0.3) is 16.6 Å². The monoisotopic (exact) mass is 378 g/mol. The minimum absolute atomic E-state index is 0.160. The number of aryl methyl sites for hydroxylation is 1. The van der Waals surface area contributed by atoms with E-state index in [0.717, 1.165) is 37.4 Å². The number of benzene rings is 2. The summed E-state index contributed by atoms with van der Waals surface area (Å²) in [5.74, 6) is -0.441. The van der Waals surface area contributed by atoms with Crippen molar-refractivity contribution in [2.24, 2.45) is 0 Å². The molecular weight excluding hydrogens is 356 g/mol. The molecule has 3 aromatic rings. The van der Waals surface area contributed by atoms with Crippen molar-refractivity contribution in [2.75, 3.05) is 38.2 Å². The maximum atomic E-state index is 13.2. The molecular formula is C21H22N4O3. The number of ether oxygens (including phenoxy) is 1. The molecule has 4 rings (SSSR count). The highest BCUT2D eigenvalue weighted by Crippen LogP contribution is 2.21. The highest BCUT2D eigenvalue weighted by atomic mass is 16.5. The maximum absolute atomic E-state index is 13.2. The zero-order chi connectivity index (χ0) is 19.7. The SMILES string of the molecule is COC(=O)c1ccc(C)c(-n2cnc3ccc(N4CCNCC4)cc3c2=O)c1. The molecule has 0 amide bonds. The van der Waals surface area contributed by atoms with Crippen LogP contribution in [0.3, 0.4) is 0 Å². The van der Waals surface area contributed by atoms with Crippen LogP contribution in [0.15, 0.2) is 47.5 Å². The zero-order valence-electron chi connectivity index (χ0n) is 15.9. The van der Waals surface area contributed by atoms with E-state index in [1.165, 1.54) is 18.0 Å². The third-order valence-electron chi connectivity index (χ3n) is 5.11. The third-order valence-corrected chi connectivity index (χ3v) is 5.11. The number of anilines is 1. The Kier molecular flexibility index (Phi) is 4.83. The summed E-state index contributed by atoms with van der Waals surface area (Å²) in [6, 6.07) is 11.0. The first-order valence-corrected chi connectivity index (χ1v) is 9.25. The molecule has 0 saturated carbocycles. The molecule has 0 atom stereocenters. The lowest BCUT2D eigenvalue weighted by atomic mass is 10.1. The van der Waals surface area contributed by atoms with Crippen molar-refractivity contribution in [2.45, 2.75) is 6.92 Å². The highest BCUT2D eigenvalue weighted by Gasteiger charge is 2.15. The van der Waals surface area contributed by atoms with Crippen molar-refractivity contribution in [1.29, 1.82) is 0 Å². The van der Waals surface area contributed by atoms with Crippen LogP contribution in [0.4, 0.5) is 5.69 Å². The lowest BCUT2D eigenvalue weighted by Crippen LogP contribution is -2.43. The average Bonchev–Trinajstić information content (AvgIpc) is 2.74. The first kappa shape index (κ1) is 18.2. The minimum Gasteiger partial charge on any atom is -0.465 e. The van der Waals surface area contributed by atoms with Crippen molar-refractivity contribution < 1.29 is 9.53 Å². The molecule has 28 heavy (non-hydrogen) atoms. The van der Waals surface area contributed by atoms with Gasteiger partial charge >= 0.3 is 5.97 Å². The molecule has 0 spiro atoms. The van der Waals surface area contributed by atoms with Crippen LogP contribution in [0, 0.1) is 6.92 Å². The van der Waals surface area contributed by atoms with E-state index < -0.39 is 5.97 Å². The molecule has 1 aliphatic heterocycles. The largest absolute Gasteiger partial charge is 0.465 e. The van der Waals surface area contributed by atoms with Gasteiger partial charge in [0.25, 0.3) is 5.56 Å². The van der Waals surface area contributed by atoms with Gasteiger partial charge in [0.2, 0.25) is 0 Å². The molecule has 1 saturated heterocycles. The number of aromatic nitrogens is 2. The average molecular weight is 378 g/mol. The second-order valence-corrected chi connectivity index (χ2v) is 6.85. The molecule has 1 fully saturated rings. The van der Waals surface area contributed by atoms with E-state index in [0.29, 0.717) is 22.2 Å². The van der Waals surface area contributed by atoms with E-state index in [1.807, 2.05) is 25.1 Å². The van der Waals surface area contributed by atoms with Gasteiger partial charge in [0.15, 0.2) is 0 Å². The molecule has 7 heteroatoms. The number of carbonyl (C=O) groups excluding carboxylic acids is 1.